The lowest BCUT2D eigenvalue weighted by atomic mass is 9.99. The van der Waals surface area contributed by atoms with Gasteiger partial charge in [-0.1, -0.05) is 237 Å². The number of amides is 1. The fourth-order valence-corrected chi connectivity index (χ4v) is 8.78. The maximum absolute atomic E-state index is 13.0. The number of ether oxygens (including phenoxy) is 2. The fraction of sp³-hybridized carbons (Fsp3) is 0.875. The zero-order chi connectivity index (χ0) is 47.3. The molecule has 7 atom stereocenters. The predicted octanol–water partition coefficient (Wildman–Crippen LogP) is 13.2. The van der Waals surface area contributed by atoms with Gasteiger partial charge >= 0.3 is 0 Å². The smallest absolute Gasteiger partial charge is 0.220 e. The largest absolute Gasteiger partial charge is 0.394 e. The second-order valence-corrected chi connectivity index (χ2v) is 19.4. The molecule has 1 amide bonds. The summed E-state index contributed by atoms with van der Waals surface area (Å²) in [5.74, 6) is -0.177. The molecule has 0 aromatic carbocycles. The minimum Gasteiger partial charge on any atom is -0.394 e. The minimum absolute atomic E-state index is 0.177. The SMILES string of the molecule is CCCCCCC/C=C\C/C=C\CCCCCCCCCCCCCC(=O)NC(COC1OC(CO)C(O)C(O)C1O)C(O)/C=C/CCCCCCCCCCCCCCCCCCC. The van der Waals surface area contributed by atoms with Crippen molar-refractivity contribution in [3.05, 3.63) is 36.5 Å². The van der Waals surface area contributed by atoms with Crippen LogP contribution in [0.4, 0.5) is 0 Å². The molecule has 1 aliphatic rings. The van der Waals surface area contributed by atoms with Crippen LogP contribution in [-0.2, 0) is 14.3 Å². The van der Waals surface area contributed by atoms with Crippen LogP contribution < -0.4 is 5.32 Å². The third-order valence-electron chi connectivity index (χ3n) is 13.2. The summed E-state index contributed by atoms with van der Waals surface area (Å²) in [6.45, 7) is 3.79. The van der Waals surface area contributed by atoms with Crippen LogP contribution in [0.15, 0.2) is 36.5 Å². The van der Waals surface area contributed by atoms with Crippen molar-refractivity contribution in [1.82, 2.24) is 5.32 Å². The van der Waals surface area contributed by atoms with E-state index < -0.39 is 49.5 Å². The Morgan fingerprint density at radius 2 is 0.908 bits per heavy atom. The van der Waals surface area contributed by atoms with E-state index in [2.05, 4.69) is 43.5 Å². The number of carbonyl (C=O) groups excluding carboxylic acids is 1. The third kappa shape index (κ3) is 36.1. The van der Waals surface area contributed by atoms with Crippen LogP contribution in [0.2, 0.25) is 0 Å². The maximum Gasteiger partial charge on any atom is 0.220 e. The first-order valence-electron chi connectivity index (χ1n) is 27.7. The topological polar surface area (TPSA) is 149 Å². The molecule has 0 aliphatic carbocycles. The molecule has 7 unspecified atom stereocenters. The third-order valence-corrected chi connectivity index (χ3v) is 13.2. The van der Waals surface area contributed by atoms with Crippen LogP contribution in [0.25, 0.3) is 0 Å². The summed E-state index contributed by atoms with van der Waals surface area (Å²) >= 11 is 0. The fourth-order valence-electron chi connectivity index (χ4n) is 8.78. The van der Waals surface area contributed by atoms with E-state index in [9.17, 15) is 30.3 Å². The number of aliphatic hydroxyl groups excluding tert-OH is 5. The van der Waals surface area contributed by atoms with Crippen molar-refractivity contribution in [2.75, 3.05) is 13.2 Å². The van der Waals surface area contributed by atoms with Gasteiger partial charge in [0.25, 0.3) is 0 Å². The van der Waals surface area contributed by atoms with Crippen LogP contribution in [0, 0.1) is 0 Å². The molecule has 1 rings (SSSR count). The minimum atomic E-state index is -1.57. The normalized spacial score (nSPS) is 20.1. The Kier molecular flexibility index (Phi) is 43.6. The first-order valence-corrected chi connectivity index (χ1v) is 27.7. The molecule has 65 heavy (non-hydrogen) atoms. The second-order valence-electron chi connectivity index (χ2n) is 19.4. The molecule has 0 aromatic heterocycles. The van der Waals surface area contributed by atoms with E-state index in [-0.39, 0.29) is 12.5 Å². The first-order chi connectivity index (χ1) is 31.8. The Hall–Kier alpha value is -1.59. The number of aliphatic hydroxyl groups is 5. The van der Waals surface area contributed by atoms with Crippen LogP contribution in [0.5, 0.6) is 0 Å². The lowest BCUT2D eigenvalue weighted by molar-refractivity contribution is -0.302. The Labute approximate surface area is 400 Å². The molecule has 0 radical (unpaired) electrons. The standard InChI is InChI=1S/C56H105NO8/c1-3-5-7-9-11-13-15-17-19-21-23-24-25-26-28-30-32-34-36-38-40-42-44-46-52(60)57-49(48-64-56-55(63)54(62)53(61)51(47-58)65-56)50(59)45-43-41-39-37-35-33-31-29-27-22-20-18-16-14-12-10-8-6-4-2/h15,17,21,23,43,45,49-51,53-56,58-59,61-63H,3-14,16,18-20,22,24-42,44,46-48H2,1-2H3,(H,57,60)/b17-15-,23-21-,45-43+. The molecule has 9 heteroatoms. The molecular weight excluding hydrogens is 815 g/mol. The summed E-state index contributed by atoms with van der Waals surface area (Å²) in [6.07, 6.45) is 51.9. The van der Waals surface area contributed by atoms with Crippen LogP contribution in [0.1, 0.15) is 258 Å². The van der Waals surface area contributed by atoms with Gasteiger partial charge in [-0.05, 0) is 51.4 Å². The summed E-state index contributed by atoms with van der Waals surface area (Å²) < 4.78 is 11.3. The van der Waals surface area contributed by atoms with Gasteiger partial charge in [-0.15, -0.1) is 0 Å². The van der Waals surface area contributed by atoms with Crippen molar-refractivity contribution in [3.63, 3.8) is 0 Å². The summed E-state index contributed by atoms with van der Waals surface area (Å²) in [7, 11) is 0. The van der Waals surface area contributed by atoms with E-state index in [4.69, 9.17) is 9.47 Å². The number of hydrogen-bond acceptors (Lipinski definition) is 8. The molecule has 6 N–H and O–H groups in total. The van der Waals surface area contributed by atoms with Crippen LogP contribution >= 0.6 is 0 Å². The van der Waals surface area contributed by atoms with E-state index >= 15 is 0 Å². The molecule has 1 heterocycles. The Morgan fingerprint density at radius 3 is 1.32 bits per heavy atom. The average Bonchev–Trinajstić information content (AvgIpc) is 3.31. The van der Waals surface area contributed by atoms with Crippen LogP contribution in [0.3, 0.4) is 0 Å². The highest BCUT2D eigenvalue weighted by Crippen LogP contribution is 2.23. The molecule has 1 fully saturated rings. The van der Waals surface area contributed by atoms with Gasteiger partial charge in [0.2, 0.25) is 5.91 Å². The average molecular weight is 920 g/mol. The van der Waals surface area contributed by atoms with E-state index in [1.807, 2.05) is 6.08 Å². The van der Waals surface area contributed by atoms with Gasteiger partial charge in [0.1, 0.15) is 24.4 Å². The van der Waals surface area contributed by atoms with E-state index in [1.165, 1.54) is 193 Å². The van der Waals surface area contributed by atoms with Crippen molar-refractivity contribution in [1.29, 1.82) is 0 Å². The van der Waals surface area contributed by atoms with Gasteiger partial charge in [-0.25, -0.2) is 0 Å². The van der Waals surface area contributed by atoms with Crippen LogP contribution in [-0.4, -0.2) is 87.5 Å². The molecule has 1 aliphatic heterocycles. The number of nitrogens with one attached hydrogen (secondary N) is 1. The van der Waals surface area contributed by atoms with Gasteiger partial charge in [0.15, 0.2) is 6.29 Å². The zero-order valence-electron chi connectivity index (χ0n) is 42.3. The molecule has 0 aromatic rings. The van der Waals surface area contributed by atoms with Gasteiger partial charge in [0.05, 0.1) is 25.4 Å². The molecule has 0 saturated carbocycles. The molecule has 9 nitrogen and oxygen atoms in total. The van der Waals surface area contributed by atoms with Gasteiger partial charge in [-0.3, -0.25) is 4.79 Å². The van der Waals surface area contributed by atoms with Crippen molar-refractivity contribution in [3.8, 4) is 0 Å². The lowest BCUT2D eigenvalue weighted by Crippen LogP contribution is -2.60. The number of unbranched alkanes of at least 4 members (excludes halogenated alkanes) is 33. The van der Waals surface area contributed by atoms with E-state index in [0.29, 0.717) is 6.42 Å². The number of carbonyl (C=O) groups is 1. The van der Waals surface area contributed by atoms with Crippen molar-refractivity contribution < 1.29 is 39.8 Å². The molecule has 0 bridgehead atoms. The van der Waals surface area contributed by atoms with Gasteiger partial charge in [-0.2, -0.15) is 0 Å². The van der Waals surface area contributed by atoms with Crippen molar-refractivity contribution in [2.24, 2.45) is 0 Å². The zero-order valence-corrected chi connectivity index (χ0v) is 42.3. The first kappa shape index (κ1) is 61.4. The molecule has 0 spiro atoms. The Morgan fingerprint density at radius 1 is 0.523 bits per heavy atom. The highest BCUT2D eigenvalue weighted by atomic mass is 16.7. The van der Waals surface area contributed by atoms with Crippen molar-refractivity contribution in [2.45, 2.75) is 301 Å². The van der Waals surface area contributed by atoms with E-state index in [1.54, 1.807) is 6.08 Å². The highest BCUT2D eigenvalue weighted by molar-refractivity contribution is 5.76. The summed E-state index contributed by atoms with van der Waals surface area (Å²) in [5.41, 5.74) is 0. The quantitative estimate of drug-likeness (QED) is 0.0261. The number of rotatable bonds is 47. The molecule has 382 valence electrons. The monoisotopic (exact) mass is 920 g/mol. The Balaban J connectivity index is 2.25. The second kappa shape index (κ2) is 46.2. The molecule has 1 saturated heterocycles. The van der Waals surface area contributed by atoms with Crippen molar-refractivity contribution >= 4 is 5.91 Å². The highest BCUT2D eigenvalue weighted by Gasteiger charge is 2.44. The molecular formula is C56H105NO8. The number of allylic oxidation sites excluding steroid dienone is 5. The predicted molar refractivity (Wildman–Crippen MR) is 272 cm³/mol. The van der Waals surface area contributed by atoms with E-state index in [0.717, 1.165) is 44.9 Å². The maximum atomic E-state index is 13.0. The van der Waals surface area contributed by atoms with Gasteiger partial charge in [0, 0.05) is 6.42 Å². The lowest BCUT2D eigenvalue weighted by Gasteiger charge is -2.40. The summed E-state index contributed by atoms with van der Waals surface area (Å²) in [5, 5.41) is 54.5. The Bertz CT molecular complexity index is 1110. The van der Waals surface area contributed by atoms with Gasteiger partial charge < -0.3 is 40.3 Å². The summed E-state index contributed by atoms with van der Waals surface area (Å²) in [4.78, 5) is 13.0. The number of hydrogen-bond donors (Lipinski definition) is 6. The summed E-state index contributed by atoms with van der Waals surface area (Å²) in [6, 6.07) is -0.805.